The molecule has 0 N–H and O–H groups in total. The maximum atomic E-state index is 6.28. The van der Waals surface area contributed by atoms with E-state index in [2.05, 4.69) is 21.0 Å². The fourth-order valence-corrected chi connectivity index (χ4v) is 2.54. The summed E-state index contributed by atoms with van der Waals surface area (Å²) in [5.41, 5.74) is 3.00. The van der Waals surface area contributed by atoms with Crippen LogP contribution in [0.1, 0.15) is 23.9 Å². The first-order valence-electron chi connectivity index (χ1n) is 6.13. The van der Waals surface area contributed by atoms with Gasteiger partial charge in [-0.2, -0.15) is 5.10 Å². The van der Waals surface area contributed by atoms with Gasteiger partial charge in [-0.05, 0) is 24.1 Å². The lowest BCUT2D eigenvalue weighted by Crippen LogP contribution is -2.03. The Morgan fingerprint density at radius 3 is 2.84 bits per heavy atom. The minimum absolute atomic E-state index is 0.425. The van der Waals surface area contributed by atoms with Crippen LogP contribution in [-0.2, 0) is 25.4 Å². The molecule has 19 heavy (non-hydrogen) atoms. The van der Waals surface area contributed by atoms with Crippen LogP contribution in [0.15, 0.2) is 24.3 Å². The van der Waals surface area contributed by atoms with Crippen molar-refractivity contribution in [3.63, 3.8) is 0 Å². The van der Waals surface area contributed by atoms with Crippen LogP contribution in [0.4, 0.5) is 0 Å². The Kier molecular flexibility index (Phi) is 4.88. The maximum Gasteiger partial charge on any atom is 0.131 e. The Bertz CT molecular complexity index is 569. The topological polar surface area (TPSA) is 27.1 Å². The fraction of sp³-hybridized carbons (Fsp3) is 0.357. The van der Waals surface area contributed by atoms with Crippen LogP contribution in [-0.4, -0.2) is 9.78 Å². The van der Waals surface area contributed by atoms with E-state index >= 15 is 0 Å². The molecule has 0 bridgehead atoms. The average molecular weight is 344 g/mol. The molecule has 0 spiro atoms. The van der Waals surface area contributed by atoms with Crippen LogP contribution < -0.4 is 4.74 Å². The number of hydrogen-bond donors (Lipinski definition) is 0. The summed E-state index contributed by atoms with van der Waals surface area (Å²) >= 11 is 9.72. The van der Waals surface area contributed by atoms with Crippen molar-refractivity contribution in [1.29, 1.82) is 0 Å². The van der Waals surface area contributed by atoms with E-state index in [1.807, 2.05) is 38.2 Å². The van der Waals surface area contributed by atoms with Gasteiger partial charge in [0.25, 0.3) is 0 Å². The second kappa shape index (κ2) is 6.44. The number of nitrogens with zero attached hydrogens (tertiary/aromatic N) is 2. The number of hydrogen-bond acceptors (Lipinski definition) is 2. The number of benzene rings is 1. The van der Waals surface area contributed by atoms with Gasteiger partial charge < -0.3 is 4.74 Å². The predicted octanol–water partition coefficient (Wildman–Crippen LogP) is 4.11. The van der Waals surface area contributed by atoms with Crippen molar-refractivity contribution >= 4 is 27.5 Å². The molecule has 0 aliphatic carbocycles. The molecule has 2 aromatic rings. The van der Waals surface area contributed by atoms with Crippen LogP contribution in [0.5, 0.6) is 5.75 Å². The Morgan fingerprint density at radius 2 is 2.21 bits per heavy atom. The van der Waals surface area contributed by atoms with E-state index in [9.17, 15) is 0 Å². The highest BCUT2D eigenvalue weighted by Crippen LogP contribution is 2.23. The Hall–Kier alpha value is -1.000. The summed E-state index contributed by atoms with van der Waals surface area (Å²) in [5.74, 6) is 0.840. The van der Waals surface area contributed by atoms with Gasteiger partial charge in [0.1, 0.15) is 12.4 Å². The molecule has 3 nitrogen and oxygen atoms in total. The van der Waals surface area contributed by atoms with E-state index in [1.54, 1.807) is 4.68 Å². The zero-order valence-corrected chi connectivity index (χ0v) is 13.3. The molecule has 0 atom stereocenters. The molecule has 2 rings (SSSR count). The summed E-state index contributed by atoms with van der Waals surface area (Å²) in [5, 5.41) is 5.90. The van der Waals surface area contributed by atoms with E-state index in [1.165, 1.54) is 5.56 Å². The molecule has 1 aromatic heterocycles. The second-order valence-corrected chi connectivity index (χ2v) is 5.19. The standard InChI is InChI=1S/C14H16BrClN2O/c1-3-12-14(16)13(18(2)17-12)9-19-11-6-4-5-10(7-11)8-15/h4-7H,3,8-9H2,1-2H3. The summed E-state index contributed by atoms with van der Waals surface area (Å²) in [7, 11) is 1.89. The second-order valence-electron chi connectivity index (χ2n) is 4.25. The van der Waals surface area contributed by atoms with E-state index in [4.69, 9.17) is 16.3 Å². The maximum absolute atomic E-state index is 6.28. The smallest absolute Gasteiger partial charge is 0.131 e. The van der Waals surface area contributed by atoms with Crippen molar-refractivity contribution in [3.05, 3.63) is 46.2 Å². The summed E-state index contributed by atoms with van der Waals surface area (Å²) in [6, 6.07) is 7.99. The molecule has 0 fully saturated rings. The van der Waals surface area contributed by atoms with Crippen molar-refractivity contribution in [2.45, 2.75) is 25.3 Å². The van der Waals surface area contributed by atoms with Gasteiger partial charge in [0, 0.05) is 12.4 Å². The summed E-state index contributed by atoms with van der Waals surface area (Å²) < 4.78 is 7.58. The third-order valence-corrected chi connectivity index (χ3v) is 4.02. The summed E-state index contributed by atoms with van der Waals surface area (Å²) in [4.78, 5) is 0. The van der Waals surface area contributed by atoms with Crippen molar-refractivity contribution in [2.75, 3.05) is 0 Å². The lowest BCUT2D eigenvalue weighted by Gasteiger charge is -2.08. The number of rotatable bonds is 5. The van der Waals surface area contributed by atoms with Crippen molar-refractivity contribution < 1.29 is 4.74 Å². The van der Waals surface area contributed by atoms with Gasteiger partial charge in [-0.1, -0.05) is 46.6 Å². The highest BCUT2D eigenvalue weighted by atomic mass is 79.9. The molecule has 0 unspecified atom stereocenters. The summed E-state index contributed by atoms with van der Waals surface area (Å²) in [6.45, 7) is 2.46. The van der Waals surface area contributed by atoms with Crippen LogP contribution in [0, 0.1) is 0 Å². The Morgan fingerprint density at radius 1 is 1.42 bits per heavy atom. The summed E-state index contributed by atoms with van der Waals surface area (Å²) in [6.07, 6.45) is 0.825. The number of ether oxygens (including phenoxy) is 1. The normalized spacial score (nSPS) is 10.7. The monoisotopic (exact) mass is 342 g/mol. The highest BCUT2D eigenvalue weighted by molar-refractivity contribution is 9.08. The zero-order chi connectivity index (χ0) is 13.8. The van der Waals surface area contributed by atoms with Crippen LogP contribution in [0.25, 0.3) is 0 Å². The average Bonchev–Trinajstić information content (AvgIpc) is 2.71. The first-order valence-corrected chi connectivity index (χ1v) is 7.63. The minimum Gasteiger partial charge on any atom is -0.487 e. The van der Waals surface area contributed by atoms with Gasteiger partial charge in [0.15, 0.2) is 0 Å². The SMILES string of the molecule is CCc1nn(C)c(COc2cccc(CBr)c2)c1Cl. The third kappa shape index (κ3) is 3.31. The molecular weight excluding hydrogens is 328 g/mol. The molecule has 1 heterocycles. The van der Waals surface area contributed by atoms with E-state index in [0.717, 1.165) is 28.9 Å². The largest absolute Gasteiger partial charge is 0.487 e. The molecule has 0 aliphatic rings. The predicted molar refractivity (Wildman–Crippen MR) is 81.0 cm³/mol. The molecule has 5 heteroatoms. The number of aryl methyl sites for hydroxylation is 2. The van der Waals surface area contributed by atoms with Crippen molar-refractivity contribution in [2.24, 2.45) is 7.05 Å². The minimum atomic E-state index is 0.425. The Labute approximate surface area is 126 Å². The number of alkyl halides is 1. The molecule has 0 radical (unpaired) electrons. The van der Waals surface area contributed by atoms with Crippen LogP contribution in [0.3, 0.4) is 0 Å². The van der Waals surface area contributed by atoms with Gasteiger partial charge >= 0.3 is 0 Å². The third-order valence-electron chi connectivity index (χ3n) is 2.93. The van der Waals surface area contributed by atoms with Gasteiger partial charge in [0.2, 0.25) is 0 Å². The number of halogens is 2. The van der Waals surface area contributed by atoms with Crippen LogP contribution >= 0.6 is 27.5 Å². The van der Waals surface area contributed by atoms with Crippen molar-refractivity contribution in [1.82, 2.24) is 9.78 Å². The first kappa shape index (κ1) is 14.4. The van der Waals surface area contributed by atoms with Crippen LogP contribution in [0.2, 0.25) is 5.02 Å². The quantitative estimate of drug-likeness (QED) is 0.764. The fourth-order valence-electron chi connectivity index (χ4n) is 1.85. The van der Waals surface area contributed by atoms with Gasteiger partial charge in [-0.3, -0.25) is 4.68 Å². The number of aromatic nitrogens is 2. The molecule has 102 valence electrons. The van der Waals surface area contributed by atoms with Gasteiger partial charge in [-0.25, -0.2) is 0 Å². The van der Waals surface area contributed by atoms with Gasteiger partial charge in [0.05, 0.1) is 16.4 Å². The highest BCUT2D eigenvalue weighted by Gasteiger charge is 2.13. The zero-order valence-electron chi connectivity index (χ0n) is 11.0. The van der Waals surface area contributed by atoms with Gasteiger partial charge in [-0.15, -0.1) is 0 Å². The molecule has 1 aromatic carbocycles. The molecule has 0 amide bonds. The molecule has 0 saturated carbocycles. The van der Waals surface area contributed by atoms with Crippen molar-refractivity contribution in [3.8, 4) is 5.75 Å². The van der Waals surface area contributed by atoms with E-state index in [-0.39, 0.29) is 0 Å². The molecule has 0 aliphatic heterocycles. The Balaban J connectivity index is 2.12. The lowest BCUT2D eigenvalue weighted by atomic mass is 10.2. The first-order chi connectivity index (χ1) is 9.15. The van der Waals surface area contributed by atoms with E-state index in [0.29, 0.717) is 11.6 Å². The lowest BCUT2D eigenvalue weighted by molar-refractivity contribution is 0.295. The van der Waals surface area contributed by atoms with E-state index < -0.39 is 0 Å². The molecular formula is C14H16BrClN2O. The molecule has 0 saturated heterocycles.